The van der Waals surface area contributed by atoms with E-state index in [4.69, 9.17) is 5.73 Å². The Morgan fingerprint density at radius 3 is 3.11 bits per heavy atom. The molecule has 2 unspecified atom stereocenters. The van der Waals surface area contributed by atoms with E-state index in [0.29, 0.717) is 6.42 Å². The summed E-state index contributed by atoms with van der Waals surface area (Å²) in [6.45, 7) is 0. The number of carbonyl (C=O) groups is 1. The number of nitrogens with zero attached hydrogens (tertiary/aromatic N) is 2. The summed E-state index contributed by atoms with van der Waals surface area (Å²) in [6.07, 6.45) is 6.07. The SMILES string of the molecule is Nc1ccn([C@@H]2CC34CC(=CC23)CC(=O)N4)c(=O)n1. The molecule has 1 saturated heterocycles. The van der Waals surface area contributed by atoms with Gasteiger partial charge in [-0.1, -0.05) is 11.6 Å². The van der Waals surface area contributed by atoms with Crippen LogP contribution in [0.25, 0.3) is 0 Å². The first-order chi connectivity index (χ1) is 9.07. The van der Waals surface area contributed by atoms with E-state index >= 15 is 0 Å². The molecule has 2 aliphatic carbocycles. The number of nitrogens with two attached hydrogens (primary N) is 1. The van der Waals surface area contributed by atoms with Gasteiger partial charge in [-0.15, -0.1) is 0 Å². The third kappa shape index (κ3) is 1.34. The summed E-state index contributed by atoms with van der Waals surface area (Å²) in [6, 6.07) is 1.72. The molecule has 3 aliphatic rings. The molecular formula is C13H14N4O2. The van der Waals surface area contributed by atoms with Gasteiger partial charge >= 0.3 is 5.69 Å². The maximum Gasteiger partial charge on any atom is 0.349 e. The highest BCUT2D eigenvalue weighted by atomic mass is 16.2. The molecule has 19 heavy (non-hydrogen) atoms. The number of hydrogen-bond acceptors (Lipinski definition) is 4. The number of fused-ring (bicyclic) bond motifs is 1. The van der Waals surface area contributed by atoms with Gasteiger partial charge in [0.05, 0.1) is 5.54 Å². The van der Waals surface area contributed by atoms with Crippen LogP contribution in [0, 0.1) is 5.92 Å². The second-order valence-electron chi connectivity index (χ2n) is 5.72. The first-order valence-corrected chi connectivity index (χ1v) is 6.43. The molecule has 98 valence electrons. The van der Waals surface area contributed by atoms with Crippen molar-refractivity contribution in [3.8, 4) is 0 Å². The summed E-state index contributed by atoms with van der Waals surface area (Å²) in [5, 5.41) is 3.10. The van der Waals surface area contributed by atoms with E-state index in [1.165, 1.54) is 5.57 Å². The van der Waals surface area contributed by atoms with Gasteiger partial charge in [0.15, 0.2) is 0 Å². The number of nitrogens with one attached hydrogen (secondary N) is 1. The van der Waals surface area contributed by atoms with Crippen LogP contribution in [0.5, 0.6) is 0 Å². The van der Waals surface area contributed by atoms with Gasteiger partial charge < -0.3 is 11.1 Å². The second-order valence-corrected chi connectivity index (χ2v) is 5.72. The lowest BCUT2D eigenvalue weighted by Crippen LogP contribution is -2.64. The maximum absolute atomic E-state index is 11.9. The summed E-state index contributed by atoms with van der Waals surface area (Å²) in [5.41, 5.74) is 6.25. The summed E-state index contributed by atoms with van der Waals surface area (Å²) >= 11 is 0. The van der Waals surface area contributed by atoms with Crippen molar-refractivity contribution in [3.05, 3.63) is 34.4 Å². The zero-order chi connectivity index (χ0) is 13.2. The predicted octanol–water partition coefficient (Wildman–Crippen LogP) is -0.0247. The molecule has 2 heterocycles. The van der Waals surface area contributed by atoms with Crippen molar-refractivity contribution in [2.45, 2.75) is 30.8 Å². The highest BCUT2D eigenvalue weighted by molar-refractivity contribution is 5.82. The Balaban J connectivity index is 1.71. The van der Waals surface area contributed by atoms with Crippen LogP contribution in [0.3, 0.4) is 0 Å². The monoisotopic (exact) mass is 258 g/mol. The standard InChI is InChI=1S/C13H14N4O2/c14-10-1-2-17(12(19)15-10)9-6-13-5-7(3-8(9)13)4-11(18)16-13/h1-3,8-9H,4-6H2,(H,16,18)(H2,14,15,19)/t8?,9-,13?/m1/s1. The number of carbonyl (C=O) groups excluding carboxylic acids is 1. The Kier molecular flexibility index (Phi) is 1.85. The third-order valence-corrected chi connectivity index (χ3v) is 4.57. The Labute approximate surface area is 109 Å². The molecule has 1 spiro atoms. The largest absolute Gasteiger partial charge is 0.383 e. The van der Waals surface area contributed by atoms with Crippen LogP contribution in [-0.4, -0.2) is 21.0 Å². The molecule has 1 saturated carbocycles. The quantitative estimate of drug-likeness (QED) is 0.692. The van der Waals surface area contributed by atoms with E-state index in [0.717, 1.165) is 12.8 Å². The highest BCUT2D eigenvalue weighted by Gasteiger charge is 2.59. The highest BCUT2D eigenvalue weighted by Crippen LogP contribution is 2.57. The molecule has 0 aromatic carbocycles. The lowest BCUT2D eigenvalue weighted by atomic mass is 9.63. The normalized spacial score (nSPS) is 35.2. The van der Waals surface area contributed by atoms with E-state index in [2.05, 4.69) is 16.4 Å². The minimum absolute atomic E-state index is 0.0801. The molecular weight excluding hydrogens is 244 g/mol. The number of aromatic nitrogens is 2. The van der Waals surface area contributed by atoms with Crippen molar-refractivity contribution in [1.29, 1.82) is 0 Å². The van der Waals surface area contributed by atoms with E-state index in [1.807, 2.05) is 0 Å². The average molecular weight is 258 g/mol. The summed E-state index contributed by atoms with van der Waals surface area (Å²) < 4.78 is 1.64. The van der Waals surface area contributed by atoms with Crippen molar-refractivity contribution in [3.63, 3.8) is 0 Å². The molecule has 4 rings (SSSR count). The Hall–Kier alpha value is -2.11. The van der Waals surface area contributed by atoms with Gasteiger partial charge in [-0.25, -0.2) is 4.79 Å². The van der Waals surface area contributed by atoms with Crippen molar-refractivity contribution in [2.24, 2.45) is 5.92 Å². The number of nitrogen functional groups attached to an aromatic ring is 1. The van der Waals surface area contributed by atoms with Crippen molar-refractivity contribution < 1.29 is 4.79 Å². The van der Waals surface area contributed by atoms with Crippen LogP contribution < -0.4 is 16.7 Å². The van der Waals surface area contributed by atoms with Crippen LogP contribution in [-0.2, 0) is 4.79 Å². The van der Waals surface area contributed by atoms with Gasteiger partial charge in [0.2, 0.25) is 5.91 Å². The predicted molar refractivity (Wildman–Crippen MR) is 68.2 cm³/mol. The fraction of sp³-hybridized carbons (Fsp3) is 0.462. The molecule has 3 N–H and O–H groups in total. The Morgan fingerprint density at radius 1 is 1.47 bits per heavy atom. The minimum atomic E-state index is -0.314. The topological polar surface area (TPSA) is 90.0 Å². The zero-order valence-electron chi connectivity index (χ0n) is 10.3. The molecule has 6 nitrogen and oxygen atoms in total. The average Bonchev–Trinajstić information content (AvgIpc) is 2.52. The number of anilines is 1. The van der Waals surface area contributed by atoms with Crippen LogP contribution in [0.1, 0.15) is 25.3 Å². The molecule has 1 aliphatic heterocycles. The smallest absolute Gasteiger partial charge is 0.349 e. The molecule has 0 radical (unpaired) electrons. The summed E-state index contributed by atoms with van der Waals surface area (Å²) in [4.78, 5) is 27.3. The van der Waals surface area contributed by atoms with Gasteiger partial charge in [0, 0.05) is 24.6 Å². The van der Waals surface area contributed by atoms with Crippen molar-refractivity contribution >= 4 is 11.7 Å². The van der Waals surface area contributed by atoms with Crippen LogP contribution in [0.15, 0.2) is 28.7 Å². The molecule has 3 atom stereocenters. The summed E-state index contributed by atoms with van der Waals surface area (Å²) in [7, 11) is 0. The first kappa shape index (κ1) is 10.8. The number of piperidine rings is 1. The van der Waals surface area contributed by atoms with Gasteiger partial charge in [-0.2, -0.15) is 4.98 Å². The first-order valence-electron chi connectivity index (χ1n) is 6.43. The van der Waals surface area contributed by atoms with E-state index in [9.17, 15) is 9.59 Å². The second kappa shape index (κ2) is 3.26. The number of amides is 1. The van der Waals surface area contributed by atoms with Gasteiger partial charge in [-0.3, -0.25) is 9.36 Å². The third-order valence-electron chi connectivity index (χ3n) is 4.57. The summed E-state index contributed by atoms with van der Waals surface area (Å²) in [5.74, 6) is 0.547. The van der Waals surface area contributed by atoms with E-state index in [1.54, 1.807) is 16.8 Å². The Morgan fingerprint density at radius 2 is 2.32 bits per heavy atom. The van der Waals surface area contributed by atoms with Crippen molar-refractivity contribution in [2.75, 3.05) is 5.73 Å². The molecule has 1 amide bonds. The maximum atomic E-state index is 11.9. The van der Waals surface area contributed by atoms with E-state index in [-0.39, 0.29) is 34.9 Å². The lowest BCUT2D eigenvalue weighted by Gasteiger charge is -2.52. The lowest BCUT2D eigenvalue weighted by molar-refractivity contribution is -0.126. The molecule has 2 bridgehead atoms. The molecule has 6 heteroatoms. The molecule has 1 aromatic heterocycles. The fourth-order valence-corrected chi connectivity index (χ4v) is 3.80. The van der Waals surface area contributed by atoms with Gasteiger partial charge in [-0.05, 0) is 18.9 Å². The molecule has 2 fully saturated rings. The van der Waals surface area contributed by atoms with Gasteiger partial charge in [0.25, 0.3) is 0 Å². The van der Waals surface area contributed by atoms with Crippen molar-refractivity contribution in [1.82, 2.24) is 14.9 Å². The molecule has 1 aromatic rings. The van der Waals surface area contributed by atoms with Crippen LogP contribution in [0.2, 0.25) is 0 Å². The minimum Gasteiger partial charge on any atom is -0.383 e. The van der Waals surface area contributed by atoms with E-state index < -0.39 is 0 Å². The van der Waals surface area contributed by atoms with Crippen LogP contribution >= 0.6 is 0 Å². The van der Waals surface area contributed by atoms with Crippen LogP contribution in [0.4, 0.5) is 5.82 Å². The fourth-order valence-electron chi connectivity index (χ4n) is 3.80. The number of rotatable bonds is 1. The van der Waals surface area contributed by atoms with Gasteiger partial charge in [0.1, 0.15) is 5.82 Å². The Bertz CT molecular complexity index is 677. The zero-order valence-corrected chi connectivity index (χ0v) is 10.3. The number of hydrogen-bond donors (Lipinski definition) is 2.